The number of nitrogens with zero attached hydrogens (tertiary/aromatic N) is 4. The predicted molar refractivity (Wildman–Crippen MR) is 250 cm³/mol. The lowest BCUT2D eigenvalue weighted by atomic mass is 9.99. The third kappa shape index (κ3) is 8.85. The molecular weight excluding hydrogens is 785 g/mol. The summed E-state index contributed by atoms with van der Waals surface area (Å²) in [4.78, 5) is 42.8. The van der Waals surface area contributed by atoms with Gasteiger partial charge in [-0.15, -0.1) is 0 Å². The summed E-state index contributed by atoms with van der Waals surface area (Å²) in [5, 5.41) is 1.14. The van der Waals surface area contributed by atoms with Crippen LogP contribution in [0.2, 0.25) is 0 Å². The van der Waals surface area contributed by atoms with Crippen LogP contribution in [-0.4, -0.2) is 35.4 Å². The summed E-state index contributed by atoms with van der Waals surface area (Å²) < 4.78 is 11.3. The van der Waals surface area contributed by atoms with Crippen molar-refractivity contribution >= 4 is 80.6 Å². The fraction of sp³-hybridized carbons (Fsp3) is 0.120. The van der Waals surface area contributed by atoms with E-state index in [1.54, 1.807) is 9.80 Å². The van der Waals surface area contributed by atoms with Crippen molar-refractivity contribution in [1.82, 2.24) is 0 Å². The van der Waals surface area contributed by atoms with Crippen LogP contribution in [0.3, 0.4) is 0 Å². The van der Waals surface area contributed by atoms with Crippen LogP contribution in [-0.2, 0) is 9.59 Å². The van der Waals surface area contributed by atoms with E-state index in [0.29, 0.717) is 33.4 Å². The fourth-order valence-corrected chi connectivity index (χ4v) is 8.87. The third-order valence-electron chi connectivity index (χ3n) is 9.76. The number of carbonyl (C=O) groups excluding carboxylic acids is 2. The number of thioether (sulfide) groups is 2. The van der Waals surface area contributed by atoms with Crippen LogP contribution < -0.4 is 19.3 Å². The van der Waals surface area contributed by atoms with Gasteiger partial charge in [-0.2, -0.15) is 0 Å². The largest absolute Gasteiger partial charge is 0.494 e. The molecule has 2 heterocycles. The maximum absolute atomic E-state index is 14.2. The van der Waals surface area contributed by atoms with E-state index >= 15 is 0 Å². The van der Waals surface area contributed by atoms with Gasteiger partial charge in [-0.05, 0) is 170 Å². The molecule has 2 aliphatic heterocycles. The quantitative estimate of drug-likeness (QED) is 0.121. The zero-order chi connectivity index (χ0) is 41.6. The Morgan fingerprint density at radius 3 is 1.25 bits per heavy atom. The Balaban J connectivity index is 1.11. The van der Waals surface area contributed by atoms with Crippen molar-refractivity contribution in [3.8, 4) is 22.6 Å². The van der Waals surface area contributed by atoms with Gasteiger partial charge in [-0.1, -0.05) is 72.8 Å². The Morgan fingerprint density at radius 1 is 0.517 bits per heavy atom. The van der Waals surface area contributed by atoms with Gasteiger partial charge in [0.15, 0.2) is 10.3 Å². The Labute approximate surface area is 359 Å². The van der Waals surface area contributed by atoms with Crippen LogP contribution in [0.1, 0.15) is 36.1 Å². The molecule has 0 spiro atoms. The fourth-order valence-electron chi connectivity index (χ4n) is 6.88. The number of benzene rings is 6. The second kappa shape index (κ2) is 18.1. The number of hydrogen-bond acceptors (Lipinski definition) is 8. The number of rotatable bonds is 11. The van der Waals surface area contributed by atoms with E-state index in [9.17, 15) is 9.59 Å². The summed E-state index contributed by atoms with van der Waals surface area (Å²) in [6, 6.07) is 47.0. The van der Waals surface area contributed by atoms with Gasteiger partial charge in [0, 0.05) is 0 Å². The highest BCUT2D eigenvalue weighted by molar-refractivity contribution is 8.19. The Kier molecular flexibility index (Phi) is 12.1. The summed E-state index contributed by atoms with van der Waals surface area (Å²) in [5.74, 6) is 1.25. The lowest BCUT2D eigenvalue weighted by Crippen LogP contribution is -2.29. The van der Waals surface area contributed by atoms with Crippen LogP contribution in [0.15, 0.2) is 165 Å². The highest BCUT2D eigenvalue weighted by Crippen LogP contribution is 2.42. The molecule has 0 radical (unpaired) electrons. The molecule has 0 unspecified atom stereocenters. The molecule has 6 aromatic carbocycles. The molecule has 2 aliphatic rings. The summed E-state index contributed by atoms with van der Waals surface area (Å²) in [5.41, 5.74) is 8.59. The Hall–Kier alpha value is -6.62. The first kappa shape index (κ1) is 40.2. The standard InChI is InChI=1S/C50H42N4O4S2/c1-5-57-41-23-19-39(20-24-41)51-49-53(47(55)45(59-49)31-35-13-9-7-10-14-35)43-27-17-37(29-33(43)3)38-18-28-44(34(4)30-38)54-48(56)46(32-36-15-11-8-12-16-36)60-50(54)52-40-21-25-42(26-22-40)58-6-2/h7-32H,5-6H2,1-4H3/b45-31+,46-32+,51-49?,52-50?. The zero-order valence-corrected chi connectivity index (χ0v) is 35.3. The summed E-state index contributed by atoms with van der Waals surface area (Å²) in [6.45, 7) is 9.07. The molecule has 0 saturated carbocycles. The van der Waals surface area contributed by atoms with Gasteiger partial charge in [0.2, 0.25) is 0 Å². The monoisotopic (exact) mass is 826 g/mol. The summed E-state index contributed by atoms with van der Waals surface area (Å²) >= 11 is 2.71. The molecule has 0 aromatic heterocycles. The van der Waals surface area contributed by atoms with Gasteiger partial charge in [0.25, 0.3) is 11.8 Å². The van der Waals surface area contributed by atoms with Crippen LogP contribution in [0.4, 0.5) is 22.7 Å². The minimum Gasteiger partial charge on any atom is -0.494 e. The topological polar surface area (TPSA) is 83.8 Å². The second-order valence-electron chi connectivity index (χ2n) is 14.0. The van der Waals surface area contributed by atoms with Crippen LogP contribution in [0, 0.1) is 13.8 Å². The first-order valence-electron chi connectivity index (χ1n) is 19.7. The number of amides is 2. The van der Waals surface area contributed by atoms with Gasteiger partial charge in [-0.25, -0.2) is 9.98 Å². The van der Waals surface area contributed by atoms with Crippen molar-refractivity contribution in [2.24, 2.45) is 9.98 Å². The van der Waals surface area contributed by atoms with Crippen molar-refractivity contribution in [3.63, 3.8) is 0 Å². The molecule has 8 rings (SSSR count). The highest BCUT2D eigenvalue weighted by Gasteiger charge is 2.37. The molecule has 2 fully saturated rings. The van der Waals surface area contributed by atoms with E-state index in [1.807, 2.05) is 173 Å². The average molecular weight is 827 g/mol. The van der Waals surface area contributed by atoms with Crippen LogP contribution in [0.25, 0.3) is 23.3 Å². The van der Waals surface area contributed by atoms with E-state index in [2.05, 4.69) is 12.1 Å². The molecular formula is C50H42N4O4S2. The van der Waals surface area contributed by atoms with E-state index in [4.69, 9.17) is 19.5 Å². The molecule has 2 saturated heterocycles. The molecule has 8 nitrogen and oxygen atoms in total. The lowest BCUT2D eigenvalue weighted by Gasteiger charge is -2.20. The smallest absolute Gasteiger partial charge is 0.271 e. The van der Waals surface area contributed by atoms with Crippen LogP contribution in [0.5, 0.6) is 11.5 Å². The number of anilines is 2. The lowest BCUT2D eigenvalue weighted by molar-refractivity contribution is -0.114. The van der Waals surface area contributed by atoms with Gasteiger partial charge in [-0.3, -0.25) is 19.4 Å². The molecule has 6 aromatic rings. The summed E-state index contributed by atoms with van der Waals surface area (Å²) in [6.07, 6.45) is 3.82. The van der Waals surface area contributed by atoms with Crippen molar-refractivity contribution < 1.29 is 19.1 Å². The minimum atomic E-state index is -0.138. The van der Waals surface area contributed by atoms with E-state index < -0.39 is 0 Å². The number of amidine groups is 2. The van der Waals surface area contributed by atoms with E-state index in [1.165, 1.54) is 23.5 Å². The minimum absolute atomic E-state index is 0.138. The molecule has 60 heavy (non-hydrogen) atoms. The molecule has 2 amide bonds. The molecule has 0 aliphatic carbocycles. The first-order chi connectivity index (χ1) is 29.3. The maximum Gasteiger partial charge on any atom is 0.271 e. The van der Waals surface area contributed by atoms with E-state index in [-0.39, 0.29) is 11.8 Å². The number of ether oxygens (including phenoxy) is 2. The molecule has 0 atom stereocenters. The molecule has 0 bridgehead atoms. The first-order valence-corrected chi connectivity index (χ1v) is 21.3. The SMILES string of the molecule is CCOc1ccc(N=C2S/C(=C/c3ccccc3)C(=O)N2c2ccc(-c3ccc(N4C(=O)/C(=C\c5ccccc5)SC4=Nc4ccc(OCC)cc4)c(C)c3)cc2C)cc1. The average Bonchev–Trinajstić information content (AvgIpc) is 3.72. The number of aryl methyl sites for hydroxylation is 2. The van der Waals surface area contributed by atoms with Gasteiger partial charge in [0.05, 0.1) is 45.8 Å². The van der Waals surface area contributed by atoms with Gasteiger partial charge >= 0.3 is 0 Å². The second-order valence-corrected chi connectivity index (χ2v) is 16.0. The normalized spacial score (nSPS) is 16.8. The Morgan fingerprint density at radius 2 is 0.900 bits per heavy atom. The van der Waals surface area contributed by atoms with Crippen molar-refractivity contribution in [3.05, 3.63) is 178 Å². The number of aliphatic imine (C=N–C) groups is 2. The van der Waals surface area contributed by atoms with Gasteiger partial charge < -0.3 is 9.47 Å². The molecule has 298 valence electrons. The predicted octanol–water partition coefficient (Wildman–Crippen LogP) is 12.4. The van der Waals surface area contributed by atoms with Crippen molar-refractivity contribution in [2.45, 2.75) is 27.7 Å². The highest BCUT2D eigenvalue weighted by atomic mass is 32.2. The maximum atomic E-state index is 14.2. The Bertz CT molecular complexity index is 2490. The van der Waals surface area contributed by atoms with Crippen molar-refractivity contribution in [1.29, 1.82) is 0 Å². The molecule has 10 heteroatoms. The van der Waals surface area contributed by atoms with Crippen LogP contribution >= 0.6 is 23.5 Å². The van der Waals surface area contributed by atoms with Crippen molar-refractivity contribution in [2.75, 3.05) is 23.0 Å². The molecule has 0 N–H and O–H groups in total. The number of carbonyl (C=O) groups is 2. The van der Waals surface area contributed by atoms with E-state index in [0.717, 1.165) is 67.6 Å². The van der Waals surface area contributed by atoms with Gasteiger partial charge in [0.1, 0.15) is 11.5 Å². The zero-order valence-electron chi connectivity index (χ0n) is 33.7. The number of hydrogen-bond donors (Lipinski definition) is 0. The summed E-state index contributed by atoms with van der Waals surface area (Å²) in [7, 11) is 0. The third-order valence-corrected chi connectivity index (χ3v) is 11.7.